The van der Waals surface area contributed by atoms with Crippen molar-refractivity contribution >= 4 is 35.0 Å². The number of nitrogens with one attached hydrogen (secondary N) is 3. The van der Waals surface area contributed by atoms with Gasteiger partial charge in [-0.05, 0) is 36.4 Å². The number of hydrogen-bond donors (Lipinski definition) is 3. The van der Waals surface area contributed by atoms with Crippen LogP contribution in [0.1, 0.15) is 27.6 Å². The number of hydrazine groups is 1. The van der Waals surface area contributed by atoms with E-state index in [1.54, 1.807) is 36.4 Å². The van der Waals surface area contributed by atoms with Crippen LogP contribution in [0.3, 0.4) is 0 Å². The molecule has 0 saturated heterocycles. The lowest BCUT2D eigenvalue weighted by Gasteiger charge is -2.09. The second kappa shape index (κ2) is 7.42. The molecule has 0 bridgehead atoms. The Balaban J connectivity index is 1.95. The van der Waals surface area contributed by atoms with Crippen molar-refractivity contribution in [3.63, 3.8) is 0 Å². The Morgan fingerprint density at radius 3 is 2.09 bits per heavy atom. The predicted octanol–water partition coefficient (Wildman–Crippen LogP) is 2.37. The van der Waals surface area contributed by atoms with Crippen LogP contribution in [-0.4, -0.2) is 17.7 Å². The van der Waals surface area contributed by atoms with Gasteiger partial charge in [0.2, 0.25) is 5.91 Å². The lowest BCUT2D eigenvalue weighted by Crippen LogP contribution is -2.41. The van der Waals surface area contributed by atoms with E-state index in [0.717, 1.165) is 0 Å². The number of benzene rings is 2. The molecule has 2 aromatic carbocycles. The van der Waals surface area contributed by atoms with Crippen LogP contribution < -0.4 is 16.2 Å². The van der Waals surface area contributed by atoms with Crippen LogP contribution >= 0.6 is 11.6 Å². The minimum atomic E-state index is -0.515. The van der Waals surface area contributed by atoms with E-state index in [1.807, 2.05) is 0 Å². The largest absolute Gasteiger partial charge is 0.326 e. The molecule has 0 aliphatic carbocycles. The van der Waals surface area contributed by atoms with Crippen LogP contribution in [0, 0.1) is 0 Å². The molecule has 2 rings (SSSR count). The molecule has 0 atom stereocenters. The van der Waals surface area contributed by atoms with Gasteiger partial charge in [0.15, 0.2) is 0 Å². The molecule has 0 heterocycles. The molecular weight excluding hydrogens is 318 g/mol. The summed E-state index contributed by atoms with van der Waals surface area (Å²) in [4.78, 5) is 34.8. The van der Waals surface area contributed by atoms with E-state index in [9.17, 15) is 14.4 Å². The summed E-state index contributed by atoms with van der Waals surface area (Å²) in [6, 6.07) is 12.7. The number of halogens is 1. The third-order valence-electron chi connectivity index (χ3n) is 2.88. The predicted molar refractivity (Wildman–Crippen MR) is 87.1 cm³/mol. The Bertz CT molecular complexity index is 744. The third-order valence-corrected chi connectivity index (χ3v) is 3.21. The third kappa shape index (κ3) is 4.55. The molecule has 3 amide bonds. The van der Waals surface area contributed by atoms with Crippen molar-refractivity contribution in [3.05, 3.63) is 64.7 Å². The Hall–Kier alpha value is -2.86. The molecule has 23 heavy (non-hydrogen) atoms. The van der Waals surface area contributed by atoms with Crippen LogP contribution in [0.4, 0.5) is 5.69 Å². The maximum atomic E-state index is 12.0. The van der Waals surface area contributed by atoms with E-state index in [2.05, 4.69) is 16.2 Å². The van der Waals surface area contributed by atoms with Gasteiger partial charge in [0.05, 0.1) is 10.6 Å². The number of rotatable bonds is 3. The highest BCUT2D eigenvalue weighted by Gasteiger charge is 2.11. The molecule has 3 N–H and O–H groups in total. The quantitative estimate of drug-likeness (QED) is 0.755. The Kier molecular flexibility index (Phi) is 5.32. The Labute approximate surface area is 137 Å². The van der Waals surface area contributed by atoms with E-state index in [1.165, 1.54) is 19.1 Å². The van der Waals surface area contributed by atoms with Crippen LogP contribution in [-0.2, 0) is 4.79 Å². The molecule has 0 radical (unpaired) electrons. The first kappa shape index (κ1) is 16.5. The number of anilines is 1. The SMILES string of the molecule is CC(=O)Nc1ccc(C(=O)NNC(=O)c2ccccc2Cl)cc1. The van der Waals surface area contributed by atoms with E-state index >= 15 is 0 Å². The average molecular weight is 332 g/mol. The number of carbonyl (C=O) groups excluding carboxylic acids is 3. The van der Waals surface area contributed by atoms with Gasteiger partial charge in [-0.25, -0.2) is 0 Å². The standard InChI is InChI=1S/C16H14ClN3O3/c1-10(21)18-12-8-6-11(7-9-12)15(22)19-20-16(23)13-4-2-3-5-14(13)17/h2-9H,1H3,(H,18,21)(H,19,22)(H,20,23). The highest BCUT2D eigenvalue weighted by Crippen LogP contribution is 2.14. The van der Waals surface area contributed by atoms with Crippen LogP contribution in [0.5, 0.6) is 0 Å². The summed E-state index contributed by atoms with van der Waals surface area (Å²) < 4.78 is 0. The fraction of sp³-hybridized carbons (Fsp3) is 0.0625. The first-order chi connectivity index (χ1) is 11.0. The fourth-order valence-electron chi connectivity index (χ4n) is 1.81. The molecule has 0 aromatic heterocycles. The molecule has 0 fully saturated rings. The monoisotopic (exact) mass is 331 g/mol. The normalized spacial score (nSPS) is 9.83. The first-order valence-corrected chi connectivity index (χ1v) is 7.08. The molecule has 6 nitrogen and oxygen atoms in total. The molecule has 2 aromatic rings. The van der Waals surface area contributed by atoms with Crippen LogP contribution in [0.25, 0.3) is 0 Å². The van der Waals surface area contributed by atoms with E-state index in [0.29, 0.717) is 16.3 Å². The van der Waals surface area contributed by atoms with Crippen molar-refractivity contribution in [2.45, 2.75) is 6.92 Å². The summed E-state index contributed by atoms with van der Waals surface area (Å²) in [5.41, 5.74) is 5.76. The Morgan fingerprint density at radius 2 is 1.48 bits per heavy atom. The summed E-state index contributed by atoms with van der Waals surface area (Å²) in [5.74, 6) is -1.20. The molecule has 0 aliphatic heterocycles. The van der Waals surface area contributed by atoms with Crippen LogP contribution in [0.15, 0.2) is 48.5 Å². The minimum Gasteiger partial charge on any atom is -0.326 e. The van der Waals surface area contributed by atoms with Gasteiger partial charge in [0, 0.05) is 18.2 Å². The maximum absolute atomic E-state index is 12.0. The zero-order valence-corrected chi connectivity index (χ0v) is 13.0. The highest BCUT2D eigenvalue weighted by molar-refractivity contribution is 6.33. The summed E-state index contributed by atoms with van der Waals surface area (Å²) in [5, 5.41) is 2.88. The Morgan fingerprint density at radius 1 is 0.870 bits per heavy atom. The summed E-state index contributed by atoms with van der Waals surface area (Å²) in [7, 11) is 0. The molecule has 0 saturated carbocycles. The van der Waals surface area contributed by atoms with Gasteiger partial charge in [-0.2, -0.15) is 0 Å². The van der Waals surface area contributed by atoms with E-state index in [-0.39, 0.29) is 11.5 Å². The summed E-state index contributed by atoms with van der Waals surface area (Å²) in [6.07, 6.45) is 0. The molecular formula is C16H14ClN3O3. The van der Waals surface area contributed by atoms with Gasteiger partial charge in [-0.3, -0.25) is 25.2 Å². The average Bonchev–Trinajstić information content (AvgIpc) is 2.53. The first-order valence-electron chi connectivity index (χ1n) is 6.70. The number of carbonyl (C=O) groups is 3. The van der Waals surface area contributed by atoms with Crippen LogP contribution in [0.2, 0.25) is 5.02 Å². The molecule has 118 valence electrons. The molecule has 0 unspecified atom stereocenters. The van der Waals surface area contributed by atoms with Crippen molar-refractivity contribution in [2.75, 3.05) is 5.32 Å². The lowest BCUT2D eigenvalue weighted by molar-refractivity contribution is -0.114. The fourth-order valence-corrected chi connectivity index (χ4v) is 2.03. The summed E-state index contributed by atoms with van der Waals surface area (Å²) >= 11 is 5.90. The van der Waals surface area contributed by atoms with Crippen molar-refractivity contribution in [1.29, 1.82) is 0 Å². The molecule has 0 aliphatic rings. The minimum absolute atomic E-state index is 0.200. The van der Waals surface area contributed by atoms with E-state index in [4.69, 9.17) is 11.6 Å². The zero-order valence-electron chi connectivity index (χ0n) is 12.2. The highest BCUT2D eigenvalue weighted by atomic mass is 35.5. The van der Waals surface area contributed by atoms with Gasteiger partial charge in [-0.1, -0.05) is 23.7 Å². The number of hydrogen-bond acceptors (Lipinski definition) is 3. The zero-order chi connectivity index (χ0) is 16.8. The maximum Gasteiger partial charge on any atom is 0.271 e. The van der Waals surface area contributed by atoms with Crippen molar-refractivity contribution in [1.82, 2.24) is 10.9 Å². The van der Waals surface area contributed by atoms with E-state index < -0.39 is 11.8 Å². The number of amides is 3. The van der Waals surface area contributed by atoms with Gasteiger partial charge in [0.25, 0.3) is 11.8 Å². The smallest absolute Gasteiger partial charge is 0.271 e. The summed E-state index contributed by atoms with van der Waals surface area (Å²) in [6.45, 7) is 1.39. The van der Waals surface area contributed by atoms with Crippen molar-refractivity contribution < 1.29 is 14.4 Å². The van der Waals surface area contributed by atoms with Gasteiger partial charge < -0.3 is 5.32 Å². The second-order valence-electron chi connectivity index (χ2n) is 4.65. The second-order valence-corrected chi connectivity index (χ2v) is 5.05. The lowest BCUT2D eigenvalue weighted by atomic mass is 10.2. The van der Waals surface area contributed by atoms with Crippen molar-refractivity contribution in [2.24, 2.45) is 0 Å². The van der Waals surface area contributed by atoms with Gasteiger partial charge in [0.1, 0.15) is 0 Å². The molecule has 0 spiro atoms. The van der Waals surface area contributed by atoms with Gasteiger partial charge >= 0.3 is 0 Å². The van der Waals surface area contributed by atoms with Gasteiger partial charge in [-0.15, -0.1) is 0 Å². The molecule has 7 heteroatoms. The van der Waals surface area contributed by atoms with Crippen molar-refractivity contribution in [3.8, 4) is 0 Å². The topological polar surface area (TPSA) is 87.3 Å².